The van der Waals surface area contributed by atoms with E-state index in [1.165, 1.54) is 5.56 Å². The van der Waals surface area contributed by atoms with Crippen molar-refractivity contribution in [1.82, 2.24) is 15.0 Å². The minimum Gasteiger partial charge on any atom is -0.355 e. The van der Waals surface area contributed by atoms with Gasteiger partial charge in [-0.2, -0.15) is 0 Å². The van der Waals surface area contributed by atoms with Crippen molar-refractivity contribution in [3.8, 4) is 0 Å². The molecule has 0 radical (unpaired) electrons. The van der Waals surface area contributed by atoms with Gasteiger partial charge in [0.1, 0.15) is 5.82 Å². The number of pyridine rings is 3. The predicted molar refractivity (Wildman–Crippen MR) is 141 cm³/mol. The Balaban J connectivity index is 1.24. The summed E-state index contributed by atoms with van der Waals surface area (Å²) in [5.41, 5.74) is 7.18. The van der Waals surface area contributed by atoms with Crippen molar-refractivity contribution in [3.05, 3.63) is 108 Å². The van der Waals surface area contributed by atoms with Gasteiger partial charge in [0, 0.05) is 46.1 Å². The fraction of sp³-hybridized carbons (Fsp3) is 0.0714. The molecule has 5 aromatic rings. The van der Waals surface area contributed by atoms with E-state index >= 15 is 0 Å². The third-order valence-electron chi connectivity index (χ3n) is 5.51. The van der Waals surface area contributed by atoms with Gasteiger partial charge in [-0.1, -0.05) is 11.6 Å². The molecule has 2 aromatic carbocycles. The average molecular weight is 461 g/mol. The largest absolute Gasteiger partial charge is 0.355 e. The van der Waals surface area contributed by atoms with Gasteiger partial charge in [0.2, 0.25) is 0 Å². The summed E-state index contributed by atoms with van der Waals surface area (Å²) in [7, 11) is 0. The molecule has 0 bridgehead atoms. The van der Waals surface area contributed by atoms with Gasteiger partial charge < -0.3 is 16.0 Å². The van der Waals surface area contributed by atoms with E-state index in [0.717, 1.165) is 39.3 Å². The summed E-state index contributed by atoms with van der Waals surface area (Å²) in [6.07, 6.45) is 5.22. The summed E-state index contributed by atoms with van der Waals surface area (Å²) in [4.78, 5) is 25.7. The van der Waals surface area contributed by atoms with Gasteiger partial charge in [0.05, 0.1) is 17.4 Å². The molecule has 3 N–H and O–H groups in total. The molecule has 3 heterocycles. The number of nitrogens with zero attached hydrogens (tertiary/aromatic N) is 3. The number of amides is 1. The highest BCUT2D eigenvalue weighted by atomic mass is 16.1. The number of hydrogen-bond donors (Lipinski definition) is 3. The maximum atomic E-state index is 12.7. The molecular formula is C28H24N6O. The van der Waals surface area contributed by atoms with Crippen LogP contribution in [0.15, 0.2) is 91.4 Å². The van der Waals surface area contributed by atoms with Crippen molar-refractivity contribution in [2.45, 2.75) is 13.8 Å². The highest BCUT2D eigenvalue weighted by molar-refractivity contribution is 6.04. The van der Waals surface area contributed by atoms with Crippen molar-refractivity contribution in [2.75, 3.05) is 16.0 Å². The van der Waals surface area contributed by atoms with E-state index in [0.29, 0.717) is 11.4 Å². The fourth-order valence-corrected chi connectivity index (χ4v) is 3.75. The molecule has 0 atom stereocenters. The Morgan fingerprint density at radius 2 is 1.51 bits per heavy atom. The molecular weight excluding hydrogens is 436 g/mol. The van der Waals surface area contributed by atoms with E-state index < -0.39 is 0 Å². The Morgan fingerprint density at radius 3 is 2.29 bits per heavy atom. The first-order valence-electron chi connectivity index (χ1n) is 11.2. The molecule has 0 aliphatic heterocycles. The number of aromatic nitrogens is 3. The molecule has 7 heteroatoms. The lowest BCUT2D eigenvalue weighted by atomic mass is 10.1. The van der Waals surface area contributed by atoms with Gasteiger partial charge in [0.25, 0.3) is 5.91 Å². The average Bonchev–Trinajstić information content (AvgIpc) is 2.86. The molecule has 172 valence electrons. The van der Waals surface area contributed by atoms with Crippen LogP contribution in [0.2, 0.25) is 0 Å². The topological polar surface area (TPSA) is 91.8 Å². The van der Waals surface area contributed by atoms with Crippen LogP contribution in [-0.2, 0) is 0 Å². The van der Waals surface area contributed by atoms with Crippen LogP contribution >= 0.6 is 0 Å². The van der Waals surface area contributed by atoms with E-state index in [4.69, 9.17) is 0 Å². The molecule has 3 aromatic heterocycles. The molecule has 5 rings (SSSR count). The van der Waals surface area contributed by atoms with E-state index in [2.05, 4.69) is 43.9 Å². The Kier molecular flexibility index (Phi) is 6.05. The van der Waals surface area contributed by atoms with Crippen LogP contribution in [0.4, 0.5) is 28.6 Å². The highest BCUT2D eigenvalue weighted by Gasteiger charge is 2.08. The zero-order chi connectivity index (χ0) is 24.2. The number of nitrogens with one attached hydrogen (secondary N) is 3. The fourth-order valence-electron chi connectivity index (χ4n) is 3.75. The number of anilines is 5. The molecule has 0 unspecified atom stereocenters. The summed E-state index contributed by atoms with van der Waals surface area (Å²) in [6, 6.07) is 22.9. The van der Waals surface area contributed by atoms with Crippen molar-refractivity contribution in [3.63, 3.8) is 0 Å². The molecule has 0 saturated carbocycles. The van der Waals surface area contributed by atoms with Crippen LogP contribution < -0.4 is 16.0 Å². The van der Waals surface area contributed by atoms with Gasteiger partial charge in [-0.15, -0.1) is 0 Å². The number of hydrogen-bond acceptors (Lipinski definition) is 6. The summed E-state index contributed by atoms with van der Waals surface area (Å²) in [5, 5.41) is 10.6. The minimum absolute atomic E-state index is 0.223. The molecule has 7 nitrogen and oxygen atoms in total. The second kappa shape index (κ2) is 9.61. The standard InChI is InChI=1S/C28H24N6O/c1-18-3-9-25-24(15-18)26(12-14-30-25)33-21-6-4-20(5-7-21)28(35)34-27-10-8-23(17-31-27)32-22-11-13-29-19(2)16-22/h3-17H,1-2H3,(H,29,32)(H,30,33)(H,31,34,35). The first-order valence-corrected chi connectivity index (χ1v) is 11.2. The number of rotatable bonds is 6. The predicted octanol–water partition coefficient (Wildman–Crippen LogP) is 6.38. The zero-order valence-corrected chi connectivity index (χ0v) is 19.4. The molecule has 0 aliphatic carbocycles. The Bertz CT molecular complexity index is 1500. The summed E-state index contributed by atoms with van der Waals surface area (Å²) in [5.74, 6) is 0.256. The first kappa shape index (κ1) is 22.0. The second-order valence-electron chi connectivity index (χ2n) is 8.28. The van der Waals surface area contributed by atoms with Crippen molar-refractivity contribution < 1.29 is 4.79 Å². The number of aryl methyl sites for hydroxylation is 2. The van der Waals surface area contributed by atoms with Crippen LogP contribution in [0.25, 0.3) is 10.9 Å². The SMILES string of the molecule is Cc1ccc2nccc(Nc3ccc(C(=O)Nc4ccc(Nc5ccnc(C)c5)cn4)cc3)c2c1. The maximum absolute atomic E-state index is 12.7. The van der Waals surface area contributed by atoms with Gasteiger partial charge in [-0.05, 0) is 80.6 Å². The molecule has 0 fully saturated rings. The normalized spacial score (nSPS) is 10.7. The smallest absolute Gasteiger partial charge is 0.256 e. The summed E-state index contributed by atoms with van der Waals surface area (Å²) >= 11 is 0. The molecule has 35 heavy (non-hydrogen) atoms. The first-order chi connectivity index (χ1) is 17.0. The lowest BCUT2D eigenvalue weighted by molar-refractivity contribution is 0.102. The number of benzene rings is 2. The lowest BCUT2D eigenvalue weighted by Crippen LogP contribution is -2.12. The van der Waals surface area contributed by atoms with Crippen LogP contribution in [0.5, 0.6) is 0 Å². The van der Waals surface area contributed by atoms with E-state index in [1.807, 2.05) is 55.5 Å². The molecule has 0 aliphatic rings. The minimum atomic E-state index is -0.223. The Labute approximate surface area is 203 Å². The van der Waals surface area contributed by atoms with Crippen molar-refractivity contribution in [2.24, 2.45) is 0 Å². The van der Waals surface area contributed by atoms with Gasteiger partial charge in [0.15, 0.2) is 0 Å². The lowest BCUT2D eigenvalue weighted by Gasteiger charge is -2.11. The Hall–Kier alpha value is -4.78. The number of carbonyl (C=O) groups excluding carboxylic acids is 1. The monoisotopic (exact) mass is 460 g/mol. The third-order valence-corrected chi connectivity index (χ3v) is 5.51. The van der Waals surface area contributed by atoms with E-state index in [9.17, 15) is 4.79 Å². The van der Waals surface area contributed by atoms with E-state index in [-0.39, 0.29) is 5.91 Å². The quantitative estimate of drug-likeness (QED) is 0.272. The van der Waals surface area contributed by atoms with Crippen LogP contribution in [-0.4, -0.2) is 20.9 Å². The van der Waals surface area contributed by atoms with Crippen molar-refractivity contribution >= 4 is 45.4 Å². The molecule has 0 spiro atoms. The van der Waals surface area contributed by atoms with Crippen LogP contribution in [0.3, 0.4) is 0 Å². The second-order valence-corrected chi connectivity index (χ2v) is 8.28. The summed E-state index contributed by atoms with van der Waals surface area (Å²) < 4.78 is 0. The van der Waals surface area contributed by atoms with Crippen LogP contribution in [0.1, 0.15) is 21.6 Å². The molecule has 0 saturated heterocycles. The van der Waals surface area contributed by atoms with Crippen molar-refractivity contribution in [1.29, 1.82) is 0 Å². The maximum Gasteiger partial charge on any atom is 0.256 e. The number of carbonyl (C=O) groups is 1. The third kappa shape index (κ3) is 5.25. The van der Waals surface area contributed by atoms with Gasteiger partial charge >= 0.3 is 0 Å². The van der Waals surface area contributed by atoms with Crippen LogP contribution in [0, 0.1) is 13.8 Å². The van der Waals surface area contributed by atoms with Gasteiger partial charge in [-0.3, -0.25) is 14.8 Å². The summed E-state index contributed by atoms with van der Waals surface area (Å²) in [6.45, 7) is 4.00. The zero-order valence-electron chi connectivity index (χ0n) is 19.4. The van der Waals surface area contributed by atoms with E-state index in [1.54, 1.807) is 36.8 Å². The highest BCUT2D eigenvalue weighted by Crippen LogP contribution is 2.26. The molecule has 1 amide bonds. The number of fused-ring (bicyclic) bond motifs is 1. The van der Waals surface area contributed by atoms with Gasteiger partial charge in [-0.25, -0.2) is 4.98 Å². The Morgan fingerprint density at radius 1 is 0.714 bits per heavy atom.